The van der Waals surface area contributed by atoms with Gasteiger partial charge in [-0.05, 0) is 23.3 Å². The van der Waals surface area contributed by atoms with E-state index in [0.717, 1.165) is 11.1 Å². The predicted molar refractivity (Wildman–Crippen MR) is 86.9 cm³/mol. The van der Waals surface area contributed by atoms with Crippen LogP contribution in [0.25, 0.3) is 0 Å². The number of hydrogen-bond donors (Lipinski definition) is 0. The van der Waals surface area contributed by atoms with Crippen molar-refractivity contribution in [2.24, 2.45) is 0 Å². The van der Waals surface area contributed by atoms with E-state index >= 15 is 0 Å². The summed E-state index contributed by atoms with van der Waals surface area (Å²) in [6.45, 7) is 0. The summed E-state index contributed by atoms with van der Waals surface area (Å²) in [5.41, 5.74) is 1.86. The molecule has 0 bridgehead atoms. The van der Waals surface area contributed by atoms with E-state index in [4.69, 9.17) is 58.0 Å². The Kier molecular flexibility index (Phi) is 7.97. The molecule has 19 heavy (non-hydrogen) atoms. The van der Waals surface area contributed by atoms with Gasteiger partial charge in [0.05, 0.1) is 0 Å². The van der Waals surface area contributed by atoms with Crippen LogP contribution in [0.3, 0.4) is 0 Å². The van der Waals surface area contributed by atoms with Crippen molar-refractivity contribution in [2.45, 2.75) is 10.7 Å². The number of halogens is 5. The van der Waals surface area contributed by atoms with Crippen LogP contribution >= 0.6 is 58.0 Å². The first kappa shape index (κ1) is 16.9. The van der Waals surface area contributed by atoms with Crippen LogP contribution in [0.1, 0.15) is 16.0 Å². The van der Waals surface area contributed by atoms with Gasteiger partial charge in [0.15, 0.2) is 0 Å². The zero-order chi connectivity index (χ0) is 14.3. The van der Waals surface area contributed by atoms with Crippen molar-refractivity contribution in [2.75, 3.05) is 0 Å². The summed E-state index contributed by atoms with van der Waals surface area (Å²) in [6.07, 6.45) is 0. The molecule has 0 aliphatic heterocycles. The van der Waals surface area contributed by atoms with Crippen molar-refractivity contribution in [1.82, 2.24) is 0 Å². The lowest BCUT2D eigenvalue weighted by atomic mass is 10.2. The van der Waals surface area contributed by atoms with E-state index in [-0.39, 0.29) is 0 Å². The third-order valence-electron chi connectivity index (χ3n) is 2.21. The van der Waals surface area contributed by atoms with Gasteiger partial charge in [-0.3, -0.25) is 0 Å². The molecular weight excluding hydrogens is 345 g/mol. The summed E-state index contributed by atoms with van der Waals surface area (Å²) in [6, 6.07) is 14.8. The summed E-state index contributed by atoms with van der Waals surface area (Å²) in [7, 11) is 0. The van der Waals surface area contributed by atoms with Crippen molar-refractivity contribution in [1.29, 1.82) is 0 Å². The first-order valence-electron chi connectivity index (χ1n) is 5.37. The highest BCUT2D eigenvalue weighted by Crippen LogP contribution is 2.23. The second-order valence-corrected chi connectivity index (χ2v) is 5.79. The molecule has 0 N–H and O–H groups in total. The zero-order valence-electron chi connectivity index (χ0n) is 9.79. The largest absolute Gasteiger partial charge is 0.132 e. The van der Waals surface area contributed by atoms with Crippen molar-refractivity contribution in [3.8, 4) is 0 Å². The van der Waals surface area contributed by atoms with Gasteiger partial charge in [0, 0.05) is 15.9 Å². The fourth-order valence-electron chi connectivity index (χ4n) is 1.23. The number of alkyl halides is 3. The summed E-state index contributed by atoms with van der Waals surface area (Å²) in [5, 5.41) is 1.27. The minimum absolute atomic E-state index is 0.397. The van der Waals surface area contributed by atoms with Gasteiger partial charge in [-0.25, -0.2) is 0 Å². The van der Waals surface area contributed by atoms with Gasteiger partial charge in [0.2, 0.25) is 0 Å². The smallest absolute Gasteiger partial charge is 0.121 e. The summed E-state index contributed by atoms with van der Waals surface area (Å²) >= 11 is 28.1. The van der Waals surface area contributed by atoms with Gasteiger partial charge in [-0.1, -0.05) is 59.6 Å². The van der Waals surface area contributed by atoms with Crippen molar-refractivity contribution < 1.29 is 0 Å². The highest BCUT2D eigenvalue weighted by Gasteiger charge is 1.99. The number of hydrogen-bond acceptors (Lipinski definition) is 0. The van der Waals surface area contributed by atoms with Crippen LogP contribution in [0.15, 0.2) is 48.5 Å². The van der Waals surface area contributed by atoms with E-state index < -0.39 is 4.84 Å². The SMILES string of the molecule is ClC(Cl)c1ccccc1.ClCc1ccc(Cl)cc1Cl. The van der Waals surface area contributed by atoms with E-state index in [1.54, 1.807) is 12.1 Å². The summed E-state index contributed by atoms with van der Waals surface area (Å²) < 4.78 is 0. The van der Waals surface area contributed by atoms with Gasteiger partial charge in [0.25, 0.3) is 0 Å². The molecule has 0 aliphatic rings. The molecule has 102 valence electrons. The van der Waals surface area contributed by atoms with Crippen molar-refractivity contribution in [3.63, 3.8) is 0 Å². The maximum atomic E-state index is 5.76. The predicted octanol–water partition coefficient (Wildman–Crippen LogP) is 6.90. The van der Waals surface area contributed by atoms with E-state index in [1.165, 1.54) is 0 Å². The first-order chi connectivity index (χ1) is 9.04. The third-order valence-corrected chi connectivity index (χ3v) is 3.59. The molecular formula is C14H11Cl5. The molecule has 0 atom stereocenters. The van der Waals surface area contributed by atoms with Crippen LogP contribution in [0, 0.1) is 0 Å². The molecule has 0 amide bonds. The van der Waals surface area contributed by atoms with E-state index in [0.29, 0.717) is 15.9 Å². The van der Waals surface area contributed by atoms with E-state index in [2.05, 4.69) is 0 Å². The Labute approximate surface area is 138 Å². The van der Waals surface area contributed by atoms with Crippen LogP contribution in [0.5, 0.6) is 0 Å². The Morgan fingerprint density at radius 1 is 0.895 bits per heavy atom. The molecule has 2 rings (SSSR count). The lowest BCUT2D eigenvalue weighted by Gasteiger charge is -1.97. The molecule has 0 heterocycles. The molecule has 5 heteroatoms. The highest BCUT2D eigenvalue weighted by molar-refractivity contribution is 6.44. The lowest BCUT2D eigenvalue weighted by molar-refractivity contribution is 1.35. The van der Waals surface area contributed by atoms with E-state index in [9.17, 15) is 0 Å². The molecule has 0 nitrogen and oxygen atoms in total. The van der Waals surface area contributed by atoms with Crippen molar-refractivity contribution >= 4 is 58.0 Å². The molecule has 0 aromatic heterocycles. The molecule has 0 radical (unpaired) electrons. The number of rotatable bonds is 2. The maximum absolute atomic E-state index is 5.76. The maximum Gasteiger partial charge on any atom is 0.132 e. The standard InChI is InChI=1S/C7H5Cl3.C7H6Cl2/c8-4-5-1-2-6(9)3-7(5)10;8-7(9)6-4-2-1-3-5-6/h1-3H,4H2;1-5,7H. The molecule has 0 spiro atoms. The van der Waals surface area contributed by atoms with Crippen LogP contribution in [-0.2, 0) is 5.88 Å². The molecule has 0 unspecified atom stereocenters. The minimum Gasteiger partial charge on any atom is -0.121 e. The van der Waals surface area contributed by atoms with Crippen LogP contribution in [-0.4, -0.2) is 0 Å². The molecule has 2 aromatic rings. The van der Waals surface area contributed by atoms with Gasteiger partial charge < -0.3 is 0 Å². The normalized spacial score (nSPS) is 10.0. The zero-order valence-corrected chi connectivity index (χ0v) is 13.6. The molecule has 0 saturated carbocycles. The Balaban J connectivity index is 0.000000191. The van der Waals surface area contributed by atoms with Crippen LogP contribution in [0.2, 0.25) is 10.0 Å². The van der Waals surface area contributed by atoms with Gasteiger partial charge >= 0.3 is 0 Å². The monoisotopic (exact) mass is 354 g/mol. The Morgan fingerprint density at radius 2 is 1.53 bits per heavy atom. The average Bonchev–Trinajstić information content (AvgIpc) is 2.40. The summed E-state index contributed by atoms with van der Waals surface area (Å²) in [5.74, 6) is 0.427. The third kappa shape index (κ3) is 6.25. The summed E-state index contributed by atoms with van der Waals surface area (Å²) in [4.78, 5) is -0.397. The van der Waals surface area contributed by atoms with Crippen LogP contribution in [0.4, 0.5) is 0 Å². The fraction of sp³-hybridized carbons (Fsp3) is 0.143. The van der Waals surface area contributed by atoms with Crippen molar-refractivity contribution in [3.05, 3.63) is 69.7 Å². The molecule has 2 aromatic carbocycles. The number of benzene rings is 2. The van der Waals surface area contributed by atoms with Crippen LogP contribution < -0.4 is 0 Å². The first-order valence-corrected chi connectivity index (χ1v) is 7.54. The second-order valence-electron chi connectivity index (χ2n) is 3.58. The fourth-order valence-corrected chi connectivity index (χ4v) is 2.30. The Bertz CT molecular complexity index is 496. The topological polar surface area (TPSA) is 0 Å². The minimum atomic E-state index is -0.397. The Morgan fingerprint density at radius 3 is 1.95 bits per heavy atom. The average molecular weight is 357 g/mol. The quantitative estimate of drug-likeness (QED) is 0.514. The Hall–Kier alpha value is -0.110. The van der Waals surface area contributed by atoms with Gasteiger partial charge in [0.1, 0.15) is 4.84 Å². The highest BCUT2D eigenvalue weighted by atomic mass is 35.5. The molecule has 0 aliphatic carbocycles. The molecule has 0 fully saturated rings. The van der Waals surface area contributed by atoms with Gasteiger partial charge in [-0.15, -0.1) is 34.8 Å². The second kappa shape index (κ2) is 8.94. The molecule has 0 saturated heterocycles. The lowest BCUT2D eigenvalue weighted by Crippen LogP contribution is -1.77. The van der Waals surface area contributed by atoms with E-state index in [1.807, 2.05) is 36.4 Å². The van der Waals surface area contributed by atoms with Gasteiger partial charge in [-0.2, -0.15) is 0 Å².